The molecule has 154 valence electrons. The van der Waals surface area contributed by atoms with Crippen molar-refractivity contribution in [1.29, 1.82) is 5.26 Å². The summed E-state index contributed by atoms with van der Waals surface area (Å²) in [5.74, 6) is 0.746. The first kappa shape index (κ1) is 21.6. The third-order valence-electron chi connectivity index (χ3n) is 4.46. The summed E-state index contributed by atoms with van der Waals surface area (Å²) in [7, 11) is 0. The Morgan fingerprint density at radius 1 is 1.23 bits per heavy atom. The number of halogens is 1. The highest BCUT2D eigenvalue weighted by atomic mass is 127. The Morgan fingerprint density at radius 2 is 1.97 bits per heavy atom. The predicted octanol–water partition coefficient (Wildman–Crippen LogP) is 3.95. The van der Waals surface area contributed by atoms with Crippen molar-refractivity contribution in [2.75, 3.05) is 13.2 Å². The fourth-order valence-electron chi connectivity index (χ4n) is 3.29. The van der Waals surface area contributed by atoms with E-state index in [9.17, 15) is 9.59 Å². The topological polar surface area (TPSA) is 100 Å². The molecule has 0 aliphatic carbocycles. The second-order valence-electron chi connectivity index (χ2n) is 6.45. The number of Topliss-reactive ketones (excluding diaryl/α,β-unsaturated/α-hetero) is 1. The van der Waals surface area contributed by atoms with Gasteiger partial charge in [-0.2, -0.15) is 5.26 Å². The van der Waals surface area contributed by atoms with Gasteiger partial charge in [0.05, 0.1) is 21.9 Å². The highest BCUT2D eigenvalue weighted by Gasteiger charge is 2.32. The minimum Gasteiger partial charge on any atom is -0.490 e. The average Bonchev–Trinajstić information content (AvgIpc) is 2.73. The number of carbonyl (C=O) groups is 2. The minimum atomic E-state index is -0.663. The SMILES string of the molecule is CCOc1cc([C@H]2NC(=O)NC(c3ccccc3)=C2C(C)=O)cc(I)c1OCC#N. The summed E-state index contributed by atoms with van der Waals surface area (Å²) in [5, 5.41) is 14.5. The quantitative estimate of drug-likeness (QED) is 0.542. The van der Waals surface area contributed by atoms with E-state index in [-0.39, 0.29) is 12.4 Å². The summed E-state index contributed by atoms with van der Waals surface area (Å²) in [4.78, 5) is 25.1. The van der Waals surface area contributed by atoms with Gasteiger partial charge < -0.3 is 20.1 Å². The van der Waals surface area contributed by atoms with Crippen molar-refractivity contribution in [1.82, 2.24) is 10.6 Å². The number of hydrogen-bond acceptors (Lipinski definition) is 5. The normalized spacial score (nSPS) is 15.7. The molecule has 1 aliphatic rings. The summed E-state index contributed by atoms with van der Waals surface area (Å²) in [6.45, 7) is 3.60. The summed E-state index contributed by atoms with van der Waals surface area (Å²) in [6.07, 6.45) is 0. The number of urea groups is 1. The third-order valence-corrected chi connectivity index (χ3v) is 5.26. The second-order valence-corrected chi connectivity index (χ2v) is 7.61. The van der Waals surface area contributed by atoms with Gasteiger partial charge in [-0.25, -0.2) is 4.79 Å². The van der Waals surface area contributed by atoms with Gasteiger partial charge in [-0.1, -0.05) is 30.3 Å². The number of nitriles is 1. The molecule has 0 saturated carbocycles. The first-order chi connectivity index (χ1) is 14.5. The second kappa shape index (κ2) is 9.63. The summed E-state index contributed by atoms with van der Waals surface area (Å²) in [5.41, 5.74) is 2.36. The van der Waals surface area contributed by atoms with Gasteiger partial charge >= 0.3 is 6.03 Å². The van der Waals surface area contributed by atoms with E-state index < -0.39 is 12.1 Å². The van der Waals surface area contributed by atoms with Crippen molar-refractivity contribution in [2.45, 2.75) is 19.9 Å². The smallest absolute Gasteiger partial charge is 0.320 e. The monoisotopic (exact) mass is 517 g/mol. The van der Waals surface area contributed by atoms with Crippen LogP contribution in [0.4, 0.5) is 4.79 Å². The molecule has 0 spiro atoms. The van der Waals surface area contributed by atoms with Crippen LogP contribution in [0.3, 0.4) is 0 Å². The van der Waals surface area contributed by atoms with Crippen LogP contribution >= 0.6 is 22.6 Å². The Morgan fingerprint density at radius 3 is 2.60 bits per heavy atom. The number of nitrogens with one attached hydrogen (secondary N) is 2. The van der Waals surface area contributed by atoms with Crippen LogP contribution in [-0.4, -0.2) is 25.0 Å². The maximum absolute atomic E-state index is 12.6. The molecule has 2 aromatic carbocycles. The molecule has 1 aliphatic heterocycles. The Labute approximate surface area is 188 Å². The number of ketones is 1. The molecule has 1 atom stereocenters. The number of nitrogens with zero attached hydrogens (tertiary/aromatic N) is 1. The molecule has 1 heterocycles. The lowest BCUT2D eigenvalue weighted by Gasteiger charge is -2.30. The molecule has 2 aromatic rings. The molecule has 0 fully saturated rings. The van der Waals surface area contributed by atoms with Crippen LogP contribution in [0.1, 0.15) is 31.0 Å². The zero-order valence-electron chi connectivity index (χ0n) is 16.5. The summed E-state index contributed by atoms with van der Waals surface area (Å²) in [6, 6.07) is 13.7. The van der Waals surface area contributed by atoms with E-state index in [0.29, 0.717) is 38.5 Å². The Bertz CT molecular complexity index is 1040. The van der Waals surface area contributed by atoms with Crippen LogP contribution in [0, 0.1) is 14.9 Å². The van der Waals surface area contributed by atoms with Gasteiger partial charge in [0, 0.05) is 5.57 Å². The van der Waals surface area contributed by atoms with Gasteiger partial charge in [0.1, 0.15) is 6.07 Å². The van der Waals surface area contributed by atoms with Gasteiger partial charge in [-0.05, 0) is 59.7 Å². The van der Waals surface area contributed by atoms with Crippen molar-refractivity contribution in [3.05, 3.63) is 62.7 Å². The number of rotatable bonds is 7. The van der Waals surface area contributed by atoms with E-state index in [1.54, 1.807) is 6.07 Å². The largest absolute Gasteiger partial charge is 0.490 e. The van der Waals surface area contributed by atoms with E-state index in [2.05, 4.69) is 33.2 Å². The maximum Gasteiger partial charge on any atom is 0.320 e. The van der Waals surface area contributed by atoms with Crippen LogP contribution in [-0.2, 0) is 4.79 Å². The van der Waals surface area contributed by atoms with Crippen molar-refractivity contribution in [2.24, 2.45) is 0 Å². The molecule has 8 heteroatoms. The van der Waals surface area contributed by atoms with E-state index >= 15 is 0 Å². The lowest BCUT2D eigenvalue weighted by Crippen LogP contribution is -2.44. The zero-order valence-corrected chi connectivity index (χ0v) is 18.6. The van der Waals surface area contributed by atoms with E-state index in [1.165, 1.54) is 6.92 Å². The number of benzene rings is 2. The molecule has 0 bridgehead atoms. The molecule has 30 heavy (non-hydrogen) atoms. The van der Waals surface area contributed by atoms with E-state index in [4.69, 9.17) is 14.7 Å². The van der Waals surface area contributed by atoms with Crippen molar-refractivity contribution in [3.63, 3.8) is 0 Å². The van der Waals surface area contributed by atoms with Crippen LogP contribution in [0.25, 0.3) is 5.70 Å². The first-order valence-corrected chi connectivity index (χ1v) is 10.4. The molecule has 3 rings (SSSR count). The van der Waals surface area contributed by atoms with Crippen molar-refractivity contribution in [3.8, 4) is 17.6 Å². The Hall–Kier alpha value is -3.06. The predicted molar refractivity (Wildman–Crippen MR) is 120 cm³/mol. The molecule has 2 N–H and O–H groups in total. The Balaban J connectivity index is 2.16. The lowest BCUT2D eigenvalue weighted by atomic mass is 9.90. The van der Waals surface area contributed by atoms with Gasteiger partial charge in [-0.3, -0.25) is 4.79 Å². The van der Waals surface area contributed by atoms with E-state index in [1.807, 2.05) is 49.4 Å². The molecule has 0 aromatic heterocycles. The lowest BCUT2D eigenvalue weighted by molar-refractivity contribution is -0.113. The van der Waals surface area contributed by atoms with Crippen molar-refractivity contribution < 1.29 is 19.1 Å². The molecular formula is C22H20IN3O4. The number of hydrogen-bond donors (Lipinski definition) is 2. The van der Waals surface area contributed by atoms with Crippen LogP contribution < -0.4 is 20.1 Å². The highest BCUT2D eigenvalue weighted by molar-refractivity contribution is 14.1. The molecule has 7 nitrogen and oxygen atoms in total. The Kier molecular flexibility index (Phi) is 6.95. The van der Waals surface area contributed by atoms with Gasteiger partial charge in [0.15, 0.2) is 23.9 Å². The fourth-order valence-corrected chi connectivity index (χ4v) is 4.07. The molecule has 0 unspecified atom stereocenters. The molecule has 2 amide bonds. The van der Waals surface area contributed by atoms with Crippen LogP contribution in [0.2, 0.25) is 0 Å². The minimum absolute atomic E-state index is 0.115. The van der Waals surface area contributed by atoms with Gasteiger partial charge in [-0.15, -0.1) is 0 Å². The number of amides is 2. The van der Waals surface area contributed by atoms with Crippen molar-refractivity contribution >= 4 is 40.1 Å². The fraction of sp³-hybridized carbons (Fsp3) is 0.227. The number of carbonyl (C=O) groups excluding carboxylic acids is 2. The van der Waals surface area contributed by atoms with Gasteiger partial charge in [0.25, 0.3) is 0 Å². The zero-order chi connectivity index (χ0) is 21.7. The van der Waals surface area contributed by atoms with Crippen LogP contribution in [0.15, 0.2) is 48.0 Å². The maximum atomic E-state index is 12.6. The molecular weight excluding hydrogens is 497 g/mol. The molecule has 0 radical (unpaired) electrons. The number of ether oxygens (including phenoxy) is 2. The summed E-state index contributed by atoms with van der Waals surface area (Å²) >= 11 is 2.09. The van der Waals surface area contributed by atoms with Gasteiger partial charge in [0.2, 0.25) is 0 Å². The summed E-state index contributed by atoms with van der Waals surface area (Å²) < 4.78 is 11.9. The van der Waals surface area contributed by atoms with Crippen LogP contribution in [0.5, 0.6) is 11.5 Å². The molecule has 0 saturated heterocycles. The first-order valence-electron chi connectivity index (χ1n) is 9.30. The standard InChI is InChI=1S/C22H20IN3O4/c1-3-29-17-12-15(11-16(23)21(17)30-10-9-24)20-18(13(2)27)19(25-22(28)26-20)14-7-5-4-6-8-14/h4-8,11-12,20H,3,10H2,1-2H3,(H2,25,26,28)/t20-/m1/s1. The highest BCUT2D eigenvalue weighted by Crippen LogP contribution is 2.39. The average molecular weight is 517 g/mol. The van der Waals surface area contributed by atoms with E-state index in [0.717, 1.165) is 5.56 Å². The third kappa shape index (κ3) is 4.57.